The second kappa shape index (κ2) is 11.1. The normalized spacial score (nSPS) is 14.9. The average Bonchev–Trinajstić information content (AvgIpc) is 3.52. The molecule has 0 aliphatic carbocycles. The molecule has 2 N–H and O–H groups in total. The van der Waals surface area contributed by atoms with Gasteiger partial charge in [-0.25, -0.2) is 13.9 Å². The molecule has 0 unspecified atom stereocenters. The van der Waals surface area contributed by atoms with Crippen LogP contribution in [0.4, 0.5) is 21.6 Å². The van der Waals surface area contributed by atoms with E-state index in [4.69, 9.17) is 9.47 Å². The molecule has 11 nitrogen and oxygen atoms in total. The summed E-state index contributed by atoms with van der Waals surface area (Å²) in [7, 11) is 6.70. The highest BCUT2D eigenvalue weighted by Crippen LogP contribution is 2.31. The smallest absolute Gasteiger partial charge is 0.272 e. The first-order valence-corrected chi connectivity index (χ1v) is 12.7. The third kappa shape index (κ3) is 5.33. The summed E-state index contributed by atoms with van der Waals surface area (Å²) in [6, 6.07) is 13.0. The van der Waals surface area contributed by atoms with E-state index in [2.05, 4.69) is 20.7 Å². The number of fused-ring (bicyclic) bond motifs is 1. The van der Waals surface area contributed by atoms with Gasteiger partial charge in [0.2, 0.25) is 5.91 Å². The first-order valence-electron chi connectivity index (χ1n) is 12.7. The number of carbonyl (C=O) groups is 2. The maximum absolute atomic E-state index is 14.1. The van der Waals surface area contributed by atoms with Gasteiger partial charge in [0.15, 0.2) is 17.2 Å². The zero-order valence-electron chi connectivity index (χ0n) is 22.6. The number of rotatable bonds is 9. The summed E-state index contributed by atoms with van der Waals surface area (Å²) in [6.45, 7) is 1.09. The number of nitrogens with one attached hydrogen (secondary N) is 2. The van der Waals surface area contributed by atoms with Gasteiger partial charge in [-0.1, -0.05) is 12.1 Å². The molecule has 4 aromatic rings. The topological polar surface area (TPSA) is 113 Å². The van der Waals surface area contributed by atoms with Crippen molar-refractivity contribution in [1.82, 2.24) is 24.8 Å². The van der Waals surface area contributed by atoms with Crippen molar-refractivity contribution in [1.29, 1.82) is 0 Å². The fraction of sp³-hybridized carbons (Fsp3) is 0.286. The maximum atomic E-state index is 14.1. The SMILES string of the molecule is COc1ccc(CN(C)c2cc(Nc3cc(F)ccc3OC)nn3c(C(=O)N[C@@H]4CCN(C)C4=O)cnc23)cc1. The van der Waals surface area contributed by atoms with E-state index in [0.29, 0.717) is 48.1 Å². The molecule has 12 heteroatoms. The predicted molar refractivity (Wildman–Crippen MR) is 148 cm³/mol. The largest absolute Gasteiger partial charge is 0.497 e. The van der Waals surface area contributed by atoms with Gasteiger partial charge in [0.25, 0.3) is 5.91 Å². The lowest BCUT2D eigenvalue weighted by Crippen LogP contribution is -2.41. The molecule has 1 aliphatic rings. The van der Waals surface area contributed by atoms with Crippen molar-refractivity contribution >= 4 is 34.7 Å². The van der Waals surface area contributed by atoms with Gasteiger partial charge in [-0.15, -0.1) is 5.10 Å². The Morgan fingerprint density at radius 2 is 1.93 bits per heavy atom. The lowest BCUT2D eigenvalue weighted by molar-refractivity contribution is -0.128. The highest BCUT2D eigenvalue weighted by atomic mass is 19.1. The number of aromatic nitrogens is 3. The predicted octanol–water partition coefficient (Wildman–Crippen LogP) is 3.23. The van der Waals surface area contributed by atoms with Crippen molar-refractivity contribution in [3.63, 3.8) is 0 Å². The number of likely N-dealkylation sites (tertiary alicyclic amines) is 1. The van der Waals surface area contributed by atoms with Crippen molar-refractivity contribution in [2.24, 2.45) is 0 Å². The molecule has 1 fully saturated rings. The van der Waals surface area contributed by atoms with Crippen LogP contribution in [0, 0.1) is 5.82 Å². The number of imidazole rings is 1. The van der Waals surface area contributed by atoms with E-state index in [-0.39, 0.29) is 11.6 Å². The van der Waals surface area contributed by atoms with Crippen LogP contribution in [0.25, 0.3) is 5.65 Å². The van der Waals surface area contributed by atoms with Crippen LogP contribution in [0.3, 0.4) is 0 Å². The summed E-state index contributed by atoms with van der Waals surface area (Å²) in [5, 5.41) is 10.5. The van der Waals surface area contributed by atoms with E-state index in [1.165, 1.54) is 36.0 Å². The fourth-order valence-electron chi connectivity index (χ4n) is 4.64. The van der Waals surface area contributed by atoms with E-state index in [0.717, 1.165) is 11.3 Å². The quantitative estimate of drug-likeness (QED) is 0.329. The lowest BCUT2D eigenvalue weighted by atomic mass is 10.2. The Morgan fingerprint density at radius 1 is 1.15 bits per heavy atom. The first-order chi connectivity index (χ1) is 19.3. The molecular weight excluding hydrogens is 517 g/mol. The van der Waals surface area contributed by atoms with Crippen molar-refractivity contribution < 1.29 is 23.5 Å². The Hall–Kier alpha value is -4.87. The summed E-state index contributed by atoms with van der Waals surface area (Å²) in [5.41, 5.74) is 2.65. The van der Waals surface area contributed by atoms with Crippen LogP contribution in [0.1, 0.15) is 22.5 Å². The minimum Gasteiger partial charge on any atom is -0.497 e. The summed E-state index contributed by atoms with van der Waals surface area (Å²) in [6.07, 6.45) is 1.95. The molecule has 1 saturated heterocycles. The van der Waals surface area contributed by atoms with Crippen molar-refractivity contribution in [2.45, 2.75) is 19.0 Å². The fourth-order valence-corrected chi connectivity index (χ4v) is 4.64. The molecule has 5 rings (SSSR count). The molecule has 2 aromatic carbocycles. The van der Waals surface area contributed by atoms with Crippen LogP contribution >= 0.6 is 0 Å². The summed E-state index contributed by atoms with van der Waals surface area (Å²) < 4.78 is 26.1. The van der Waals surface area contributed by atoms with Gasteiger partial charge in [-0.2, -0.15) is 0 Å². The Bertz CT molecular complexity index is 1560. The van der Waals surface area contributed by atoms with Crippen LogP contribution in [0.15, 0.2) is 54.7 Å². The van der Waals surface area contributed by atoms with Crippen molar-refractivity contribution in [3.05, 3.63) is 71.8 Å². The highest BCUT2D eigenvalue weighted by Gasteiger charge is 2.31. The Labute approximate surface area is 230 Å². The maximum Gasteiger partial charge on any atom is 0.272 e. The van der Waals surface area contributed by atoms with Crippen LogP contribution in [0.5, 0.6) is 11.5 Å². The number of nitrogens with zero attached hydrogens (tertiary/aromatic N) is 5. The van der Waals surface area contributed by atoms with E-state index < -0.39 is 17.8 Å². The van der Waals surface area contributed by atoms with E-state index in [1.807, 2.05) is 36.2 Å². The zero-order valence-corrected chi connectivity index (χ0v) is 22.6. The Kier molecular flexibility index (Phi) is 7.41. The van der Waals surface area contributed by atoms with Crippen LogP contribution in [-0.2, 0) is 11.3 Å². The molecule has 1 aliphatic heterocycles. The number of halogens is 1. The number of anilines is 3. The van der Waals surface area contributed by atoms with Gasteiger partial charge < -0.3 is 29.9 Å². The third-order valence-electron chi connectivity index (χ3n) is 6.83. The molecule has 2 amide bonds. The number of likely N-dealkylation sites (N-methyl/N-ethyl adjacent to an activating group) is 1. The van der Waals surface area contributed by atoms with Crippen molar-refractivity contribution in [2.75, 3.05) is 45.1 Å². The molecule has 0 spiro atoms. The van der Waals surface area contributed by atoms with E-state index in [1.54, 1.807) is 25.1 Å². The molecule has 40 heavy (non-hydrogen) atoms. The van der Waals surface area contributed by atoms with Gasteiger partial charge in [-0.3, -0.25) is 9.59 Å². The minimum absolute atomic E-state index is 0.143. The molecule has 208 valence electrons. The molecule has 0 saturated carbocycles. The van der Waals surface area contributed by atoms with Gasteiger partial charge in [0.1, 0.15) is 23.4 Å². The second-order valence-corrected chi connectivity index (χ2v) is 9.54. The number of amides is 2. The summed E-state index contributed by atoms with van der Waals surface area (Å²) in [5.74, 6) is 0.438. The second-order valence-electron chi connectivity index (χ2n) is 9.54. The zero-order chi connectivity index (χ0) is 28.4. The number of benzene rings is 2. The standard InChI is InChI=1S/C28H30FN7O4/c1-34-12-11-20(28(34)38)32-27(37)23-15-30-26-22(35(2)16-17-5-8-19(39-3)9-6-17)14-25(33-36(23)26)31-21-13-18(29)7-10-24(21)40-4/h5-10,13-15,20H,11-12,16H2,1-4H3,(H,31,33)(H,32,37)/t20-/m1/s1. The Balaban J connectivity index is 1.53. The van der Waals surface area contributed by atoms with Crippen molar-refractivity contribution in [3.8, 4) is 11.5 Å². The summed E-state index contributed by atoms with van der Waals surface area (Å²) >= 11 is 0. The van der Waals surface area contributed by atoms with Gasteiger partial charge in [0.05, 0.1) is 31.8 Å². The Morgan fingerprint density at radius 3 is 2.60 bits per heavy atom. The number of carbonyl (C=O) groups excluding carboxylic acids is 2. The van der Waals surface area contributed by atoms with Gasteiger partial charge in [-0.05, 0) is 36.2 Å². The summed E-state index contributed by atoms with van der Waals surface area (Å²) in [4.78, 5) is 33.7. The van der Waals surface area contributed by atoms with Crippen LogP contribution in [-0.4, -0.2) is 72.2 Å². The molecule has 2 aromatic heterocycles. The molecule has 0 bridgehead atoms. The number of hydrogen-bond donors (Lipinski definition) is 2. The monoisotopic (exact) mass is 547 g/mol. The van der Waals surface area contributed by atoms with Crippen LogP contribution < -0.4 is 25.0 Å². The third-order valence-corrected chi connectivity index (χ3v) is 6.83. The average molecular weight is 548 g/mol. The van der Waals surface area contributed by atoms with Crippen LogP contribution in [0.2, 0.25) is 0 Å². The molecule has 1 atom stereocenters. The minimum atomic E-state index is -0.613. The number of methoxy groups -OCH3 is 2. The molecule has 3 heterocycles. The molecular formula is C28H30FN7O4. The number of hydrogen-bond acceptors (Lipinski definition) is 8. The first kappa shape index (κ1) is 26.7. The molecule has 0 radical (unpaired) electrons. The van der Waals surface area contributed by atoms with E-state index >= 15 is 0 Å². The van der Waals surface area contributed by atoms with Gasteiger partial charge >= 0.3 is 0 Å². The lowest BCUT2D eigenvalue weighted by Gasteiger charge is -2.21. The highest BCUT2D eigenvalue weighted by molar-refractivity contribution is 5.97. The number of ether oxygens (including phenoxy) is 2. The van der Waals surface area contributed by atoms with Gasteiger partial charge in [0, 0.05) is 39.3 Å². The van der Waals surface area contributed by atoms with E-state index in [9.17, 15) is 14.0 Å².